The van der Waals surface area contributed by atoms with Gasteiger partial charge in [0.1, 0.15) is 0 Å². The topological polar surface area (TPSA) is 99.8 Å². The van der Waals surface area contributed by atoms with Gasteiger partial charge in [-0.1, -0.05) is 6.07 Å². The molecule has 0 saturated carbocycles. The second kappa shape index (κ2) is 8.46. The van der Waals surface area contributed by atoms with Crippen molar-refractivity contribution in [3.05, 3.63) is 33.9 Å². The summed E-state index contributed by atoms with van der Waals surface area (Å²) in [5.41, 5.74) is 3.13. The maximum Gasteiger partial charge on any atom is 0.283 e. The molecule has 0 radical (unpaired) electrons. The van der Waals surface area contributed by atoms with Crippen molar-refractivity contribution in [1.29, 1.82) is 0 Å². The van der Waals surface area contributed by atoms with E-state index in [0.29, 0.717) is 21.3 Å². The Morgan fingerprint density at radius 3 is 3.00 bits per heavy atom. The highest BCUT2D eigenvalue weighted by Gasteiger charge is 2.14. The molecule has 3 N–H and O–H groups in total. The van der Waals surface area contributed by atoms with Crippen molar-refractivity contribution in [3.63, 3.8) is 0 Å². The number of thiocarbonyl (C=S) groups is 1. The highest BCUT2D eigenvalue weighted by atomic mass is 32.2. The van der Waals surface area contributed by atoms with E-state index in [1.54, 1.807) is 19.2 Å². The summed E-state index contributed by atoms with van der Waals surface area (Å²) in [7, 11) is 1.66. The van der Waals surface area contributed by atoms with Crippen LogP contribution in [0.4, 0.5) is 5.69 Å². The molecule has 0 spiro atoms. The van der Waals surface area contributed by atoms with Gasteiger partial charge in [0, 0.05) is 24.4 Å². The highest BCUT2D eigenvalue weighted by Crippen LogP contribution is 2.29. The Bertz CT molecular complexity index is 522. The lowest BCUT2D eigenvalue weighted by atomic mass is 10.2. The van der Waals surface area contributed by atoms with E-state index in [4.69, 9.17) is 17.3 Å². The Balaban J connectivity index is 2.87. The van der Waals surface area contributed by atoms with Gasteiger partial charge in [-0.3, -0.25) is 15.5 Å². The third kappa shape index (κ3) is 5.11. The molecule has 7 nitrogen and oxygen atoms in total. The maximum atomic E-state index is 11.0. The third-order valence-corrected chi connectivity index (χ3v) is 3.47. The van der Waals surface area contributed by atoms with Crippen molar-refractivity contribution < 1.29 is 10.0 Å². The molecule has 0 heterocycles. The summed E-state index contributed by atoms with van der Waals surface area (Å²) in [4.78, 5) is 11.1. The number of hydrogen-bond acceptors (Lipinski definition) is 6. The molecule has 1 rings (SSSR count). The molecule has 0 saturated heterocycles. The van der Waals surface area contributed by atoms with Gasteiger partial charge < -0.3 is 10.4 Å². The monoisotopic (exact) mass is 314 g/mol. The van der Waals surface area contributed by atoms with Gasteiger partial charge in [-0.25, -0.2) is 0 Å². The summed E-state index contributed by atoms with van der Waals surface area (Å²) in [5, 5.41) is 26.7. The molecule has 0 aromatic heterocycles. The summed E-state index contributed by atoms with van der Waals surface area (Å²) < 4.78 is 0. The zero-order valence-electron chi connectivity index (χ0n) is 10.7. The van der Waals surface area contributed by atoms with Crippen molar-refractivity contribution in [3.8, 4) is 0 Å². The first-order valence-corrected chi connectivity index (χ1v) is 7.00. The van der Waals surface area contributed by atoms with Crippen LogP contribution in [0.25, 0.3) is 0 Å². The highest BCUT2D eigenvalue weighted by molar-refractivity contribution is 7.99. The third-order valence-electron chi connectivity index (χ3n) is 2.14. The van der Waals surface area contributed by atoms with Crippen molar-refractivity contribution in [2.45, 2.75) is 4.90 Å². The van der Waals surface area contributed by atoms with Gasteiger partial charge in [0.25, 0.3) is 5.69 Å². The van der Waals surface area contributed by atoms with Crippen molar-refractivity contribution in [2.24, 2.45) is 5.10 Å². The molecule has 0 aliphatic carbocycles. The summed E-state index contributed by atoms with van der Waals surface area (Å²) in [6.45, 7) is -0.0313. The van der Waals surface area contributed by atoms with Crippen LogP contribution >= 0.6 is 24.0 Å². The molecule has 0 fully saturated rings. The van der Waals surface area contributed by atoms with E-state index in [2.05, 4.69) is 15.8 Å². The van der Waals surface area contributed by atoms with Crippen LogP contribution in [0.5, 0.6) is 0 Å². The Morgan fingerprint density at radius 2 is 2.40 bits per heavy atom. The molecule has 0 amide bonds. The van der Waals surface area contributed by atoms with E-state index in [9.17, 15) is 10.1 Å². The minimum atomic E-state index is -0.456. The molecule has 9 heteroatoms. The van der Waals surface area contributed by atoms with Gasteiger partial charge >= 0.3 is 0 Å². The van der Waals surface area contributed by atoms with Gasteiger partial charge in [-0.05, 0) is 18.3 Å². The molecule has 20 heavy (non-hydrogen) atoms. The van der Waals surface area contributed by atoms with Crippen LogP contribution in [0, 0.1) is 10.1 Å². The molecule has 108 valence electrons. The molecular weight excluding hydrogens is 300 g/mol. The quantitative estimate of drug-likeness (QED) is 0.238. The van der Waals surface area contributed by atoms with Crippen LogP contribution < -0.4 is 10.7 Å². The second-order valence-electron chi connectivity index (χ2n) is 3.51. The van der Waals surface area contributed by atoms with Crippen molar-refractivity contribution in [2.75, 3.05) is 19.4 Å². The fourth-order valence-corrected chi connectivity index (χ4v) is 2.07. The van der Waals surface area contributed by atoms with Crippen LogP contribution in [0.2, 0.25) is 0 Å². The molecule has 1 aromatic rings. The zero-order chi connectivity index (χ0) is 15.0. The van der Waals surface area contributed by atoms with Crippen LogP contribution in [0.3, 0.4) is 0 Å². The minimum Gasteiger partial charge on any atom is -0.396 e. The lowest BCUT2D eigenvalue weighted by Crippen LogP contribution is -2.28. The number of hydrazone groups is 1. The Hall–Kier alpha value is -1.71. The van der Waals surface area contributed by atoms with Crippen LogP contribution in [-0.2, 0) is 0 Å². The Kier molecular flexibility index (Phi) is 6.91. The first-order chi connectivity index (χ1) is 9.58. The Morgan fingerprint density at radius 1 is 1.65 bits per heavy atom. The number of nitrogens with one attached hydrogen (secondary N) is 2. The molecular formula is C11H14N4O3S2. The number of nitrogens with zero attached hydrogens (tertiary/aromatic N) is 2. The van der Waals surface area contributed by atoms with E-state index < -0.39 is 4.92 Å². The van der Waals surface area contributed by atoms with E-state index in [1.807, 2.05) is 0 Å². The fourth-order valence-electron chi connectivity index (χ4n) is 1.26. The Labute approximate surface area is 125 Å². The number of thioether (sulfide) groups is 1. The standard InChI is InChI=1S/C11H14N4O3S2/c1-12-11(19)14-13-7-8-2-3-10(20-5-4-16)9(6-8)15(17)18/h2-3,6-7,16H,4-5H2,1H3,(H2,12,14,19)/b13-7+. The molecule has 0 aliphatic rings. The van der Waals surface area contributed by atoms with Crippen molar-refractivity contribution >= 4 is 41.0 Å². The zero-order valence-corrected chi connectivity index (χ0v) is 12.3. The number of hydrogen-bond donors (Lipinski definition) is 3. The van der Waals surface area contributed by atoms with Crippen LogP contribution in [-0.4, -0.2) is 40.8 Å². The molecule has 0 bridgehead atoms. The first kappa shape index (κ1) is 16.3. The predicted molar refractivity (Wildman–Crippen MR) is 83.3 cm³/mol. The fraction of sp³-hybridized carbons (Fsp3) is 0.273. The molecule has 0 unspecified atom stereocenters. The average molecular weight is 314 g/mol. The minimum absolute atomic E-state index is 0.0106. The van der Waals surface area contributed by atoms with E-state index in [-0.39, 0.29) is 12.3 Å². The normalized spacial score (nSPS) is 10.5. The van der Waals surface area contributed by atoms with Gasteiger partial charge in [0.15, 0.2) is 5.11 Å². The summed E-state index contributed by atoms with van der Waals surface area (Å²) >= 11 is 6.07. The lowest BCUT2D eigenvalue weighted by Gasteiger charge is -2.03. The molecule has 1 aromatic carbocycles. The van der Waals surface area contributed by atoms with Crippen molar-refractivity contribution in [1.82, 2.24) is 10.7 Å². The lowest BCUT2D eigenvalue weighted by molar-refractivity contribution is -0.387. The number of benzene rings is 1. The number of nitro groups is 1. The molecule has 0 aliphatic heterocycles. The predicted octanol–water partition coefficient (Wildman–Crippen LogP) is 1.11. The van der Waals surface area contributed by atoms with E-state index in [0.717, 1.165) is 0 Å². The second-order valence-corrected chi connectivity index (χ2v) is 5.05. The largest absolute Gasteiger partial charge is 0.396 e. The summed E-state index contributed by atoms with van der Waals surface area (Å²) in [6, 6.07) is 4.77. The summed E-state index contributed by atoms with van der Waals surface area (Å²) in [5.74, 6) is 0.409. The number of aliphatic hydroxyl groups is 1. The van der Waals surface area contributed by atoms with E-state index >= 15 is 0 Å². The average Bonchev–Trinajstić information content (AvgIpc) is 2.45. The van der Waals surface area contributed by atoms with Gasteiger partial charge in [0.2, 0.25) is 0 Å². The number of aliphatic hydroxyl groups excluding tert-OH is 1. The molecule has 0 atom stereocenters. The number of rotatable bonds is 6. The van der Waals surface area contributed by atoms with Gasteiger partial charge in [-0.15, -0.1) is 11.8 Å². The smallest absolute Gasteiger partial charge is 0.283 e. The van der Waals surface area contributed by atoms with Gasteiger partial charge in [-0.2, -0.15) is 5.10 Å². The number of nitro benzene ring substituents is 1. The SMILES string of the molecule is CNC(=S)N/N=C/c1ccc(SCCO)c([N+](=O)[O-])c1. The van der Waals surface area contributed by atoms with Crippen LogP contribution in [0.1, 0.15) is 5.56 Å². The van der Waals surface area contributed by atoms with Gasteiger partial charge in [0.05, 0.1) is 22.6 Å². The van der Waals surface area contributed by atoms with E-state index in [1.165, 1.54) is 24.0 Å². The van der Waals surface area contributed by atoms with Crippen LogP contribution in [0.15, 0.2) is 28.2 Å². The summed E-state index contributed by atoms with van der Waals surface area (Å²) in [6.07, 6.45) is 1.44. The maximum absolute atomic E-state index is 11.0. The first-order valence-electron chi connectivity index (χ1n) is 5.61.